The van der Waals surface area contributed by atoms with Crippen LogP contribution in [0.25, 0.3) is 0 Å². The fraction of sp³-hybridized carbons (Fsp3) is 1.00. The lowest BCUT2D eigenvalue weighted by atomic mass is 10.0. The van der Waals surface area contributed by atoms with Crippen molar-refractivity contribution < 1.29 is 0 Å². The molecule has 2 heteroatoms. The second kappa shape index (κ2) is 3.94. The van der Waals surface area contributed by atoms with Crippen LogP contribution in [0.5, 0.6) is 0 Å². The minimum absolute atomic E-state index is 0.0828. The first-order chi connectivity index (χ1) is 4.79. The Morgan fingerprint density at radius 1 is 1.20 bits per heavy atom. The van der Waals surface area contributed by atoms with Crippen LogP contribution in [0.15, 0.2) is 0 Å². The predicted octanol–water partition coefficient (Wildman–Crippen LogP) is 1.20. The van der Waals surface area contributed by atoms with Gasteiger partial charge in [0.2, 0.25) is 0 Å². The lowest BCUT2D eigenvalue weighted by Gasteiger charge is -2.09. The Labute approximate surface area is 63.0 Å². The summed E-state index contributed by atoms with van der Waals surface area (Å²) in [5.41, 5.74) is 10.9. The zero-order valence-electron chi connectivity index (χ0n) is 6.55. The minimum Gasteiger partial charge on any atom is -0.316 e. The molecule has 0 atom stereocenters. The molecule has 4 N–H and O–H groups in total. The zero-order valence-corrected chi connectivity index (χ0v) is 6.55. The molecular formula is C8H18N2. The molecule has 0 unspecified atom stereocenters. The molecule has 1 aliphatic carbocycles. The number of nitrogens with two attached hydrogens (primary N) is 2. The van der Waals surface area contributed by atoms with Gasteiger partial charge in [-0.2, -0.15) is 0 Å². The van der Waals surface area contributed by atoms with Crippen LogP contribution in [-0.2, 0) is 0 Å². The lowest BCUT2D eigenvalue weighted by Crippen LogP contribution is -2.30. The van der Waals surface area contributed by atoms with E-state index < -0.39 is 0 Å². The monoisotopic (exact) mass is 142 g/mol. The topological polar surface area (TPSA) is 52.0 Å². The third kappa shape index (κ3) is 2.67. The van der Waals surface area contributed by atoms with E-state index in [0.717, 1.165) is 12.3 Å². The Balaban J connectivity index is 2.01. The van der Waals surface area contributed by atoms with Crippen molar-refractivity contribution in [2.75, 3.05) is 0 Å². The van der Waals surface area contributed by atoms with Gasteiger partial charge in [-0.3, -0.25) is 0 Å². The van der Waals surface area contributed by atoms with Crippen LogP contribution in [0.3, 0.4) is 0 Å². The van der Waals surface area contributed by atoms with Crippen molar-refractivity contribution in [2.45, 2.75) is 44.7 Å². The van der Waals surface area contributed by atoms with Crippen molar-refractivity contribution >= 4 is 0 Å². The maximum absolute atomic E-state index is 5.45. The molecule has 0 amide bonds. The summed E-state index contributed by atoms with van der Waals surface area (Å²) in [5.74, 6) is 0.939. The average Bonchev–Trinajstić information content (AvgIpc) is 2.34. The van der Waals surface area contributed by atoms with Gasteiger partial charge in [0.05, 0.1) is 6.17 Å². The maximum Gasteiger partial charge on any atom is 0.0520 e. The molecule has 0 aromatic heterocycles. The Bertz CT molecular complexity index is 85.3. The maximum atomic E-state index is 5.45. The van der Waals surface area contributed by atoms with Gasteiger partial charge < -0.3 is 11.5 Å². The van der Waals surface area contributed by atoms with Crippen molar-refractivity contribution in [3.8, 4) is 0 Å². The molecule has 0 radical (unpaired) electrons. The van der Waals surface area contributed by atoms with E-state index in [1.165, 1.54) is 32.1 Å². The molecular weight excluding hydrogens is 124 g/mol. The van der Waals surface area contributed by atoms with E-state index >= 15 is 0 Å². The summed E-state index contributed by atoms with van der Waals surface area (Å²) >= 11 is 0. The summed E-state index contributed by atoms with van der Waals surface area (Å²) in [6.07, 6.45) is 7.83. The summed E-state index contributed by atoms with van der Waals surface area (Å²) < 4.78 is 0. The summed E-state index contributed by atoms with van der Waals surface area (Å²) in [6, 6.07) is 0. The first-order valence-electron chi connectivity index (χ1n) is 4.30. The fourth-order valence-electron chi connectivity index (χ4n) is 1.73. The molecule has 0 spiro atoms. The third-order valence-corrected chi connectivity index (χ3v) is 2.38. The van der Waals surface area contributed by atoms with E-state index in [1.54, 1.807) is 0 Å². The Morgan fingerprint density at radius 2 is 1.80 bits per heavy atom. The third-order valence-electron chi connectivity index (χ3n) is 2.38. The van der Waals surface area contributed by atoms with E-state index in [9.17, 15) is 0 Å². The fourth-order valence-corrected chi connectivity index (χ4v) is 1.73. The molecule has 0 aromatic rings. The van der Waals surface area contributed by atoms with Crippen LogP contribution in [-0.4, -0.2) is 6.17 Å². The Hall–Kier alpha value is -0.0800. The predicted molar refractivity (Wildman–Crippen MR) is 43.4 cm³/mol. The van der Waals surface area contributed by atoms with Crippen molar-refractivity contribution in [3.63, 3.8) is 0 Å². The molecule has 1 saturated carbocycles. The summed E-state index contributed by atoms with van der Waals surface area (Å²) in [7, 11) is 0. The smallest absolute Gasteiger partial charge is 0.0520 e. The average molecular weight is 142 g/mol. The van der Waals surface area contributed by atoms with E-state index in [2.05, 4.69) is 0 Å². The van der Waals surface area contributed by atoms with Crippen molar-refractivity contribution in [1.29, 1.82) is 0 Å². The van der Waals surface area contributed by atoms with Gasteiger partial charge in [0.25, 0.3) is 0 Å². The largest absolute Gasteiger partial charge is 0.316 e. The minimum atomic E-state index is -0.0828. The van der Waals surface area contributed by atoms with E-state index in [0.29, 0.717) is 0 Å². The van der Waals surface area contributed by atoms with Gasteiger partial charge in [0, 0.05) is 0 Å². The lowest BCUT2D eigenvalue weighted by molar-refractivity contribution is 0.453. The molecule has 10 heavy (non-hydrogen) atoms. The zero-order chi connectivity index (χ0) is 7.40. The molecule has 1 fully saturated rings. The van der Waals surface area contributed by atoms with Crippen molar-refractivity contribution in [1.82, 2.24) is 0 Å². The molecule has 0 bridgehead atoms. The molecule has 0 aromatic carbocycles. The number of hydrogen-bond donors (Lipinski definition) is 2. The van der Waals surface area contributed by atoms with Crippen LogP contribution in [0.2, 0.25) is 0 Å². The second-order valence-electron chi connectivity index (χ2n) is 3.39. The highest BCUT2D eigenvalue weighted by atomic mass is 14.8. The molecule has 2 nitrogen and oxygen atoms in total. The normalized spacial score (nSPS) is 20.7. The summed E-state index contributed by atoms with van der Waals surface area (Å²) in [5, 5.41) is 0. The van der Waals surface area contributed by atoms with E-state index in [4.69, 9.17) is 11.5 Å². The molecule has 1 rings (SSSR count). The van der Waals surface area contributed by atoms with Crippen LogP contribution in [0, 0.1) is 5.92 Å². The van der Waals surface area contributed by atoms with Crippen LogP contribution in [0.4, 0.5) is 0 Å². The van der Waals surface area contributed by atoms with Crippen molar-refractivity contribution in [3.05, 3.63) is 0 Å². The van der Waals surface area contributed by atoms with Crippen molar-refractivity contribution in [2.24, 2.45) is 17.4 Å². The van der Waals surface area contributed by atoms with Gasteiger partial charge in [0.1, 0.15) is 0 Å². The van der Waals surface area contributed by atoms with Crippen LogP contribution < -0.4 is 11.5 Å². The summed E-state index contributed by atoms with van der Waals surface area (Å²) in [6.45, 7) is 0. The van der Waals surface area contributed by atoms with Gasteiger partial charge >= 0.3 is 0 Å². The van der Waals surface area contributed by atoms with E-state index in [-0.39, 0.29) is 6.17 Å². The SMILES string of the molecule is NC(N)CCC1CCCC1. The quantitative estimate of drug-likeness (QED) is 0.582. The summed E-state index contributed by atoms with van der Waals surface area (Å²) in [4.78, 5) is 0. The number of rotatable bonds is 3. The molecule has 60 valence electrons. The van der Waals surface area contributed by atoms with Gasteiger partial charge in [-0.1, -0.05) is 25.7 Å². The molecule has 1 aliphatic rings. The highest BCUT2D eigenvalue weighted by Gasteiger charge is 2.14. The van der Waals surface area contributed by atoms with Crippen LogP contribution >= 0.6 is 0 Å². The highest BCUT2D eigenvalue weighted by molar-refractivity contribution is 4.68. The van der Waals surface area contributed by atoms with Gasteiger partial charge in [-0.05, 0) is 18.8 Å². The Morgan fingerprint density at radius 3 is 2.30 bits per heavy atom. The second-order valence-corrected chi connectivity index (χ2v) is 3.39. The standard InChI is InChI=1S/C8H18N2/c9-8(10)6-5-7-3-1-2-4-7/h7-8H,1-6,9-10H2. The molecule has 0 heterocycles. The number of hydrogen-bond acceptors (Lipinski definition) is 2. The first kappa shape index (κ1) is 8.02. The highest BCUT2D eigenvalue weighted by Crippen LogP contribution is 2.28. The molecule has 0 saturated heterocycles. The first-order valence-corrected chi connectivity index (χ1v) is 4.30. The van der Waals surface area contributed by atoms with Crippen LogP contribution in [0.1, 0.15) is 38.5 Å². The van der Waals surface area contributed by atoms with Gasteiger partial charge in [-0.25, -0.2) is 0 Å². The van der Waals surface area contributed by atoms with Gasteiger partial charge in [0.15, 0.2) is 0 Å². The van der Waals surface area contributed by atoms with E-state index in [1.807, 2.05) is 0 Å². The Kier molecular flexibility index (Phi) is 3.16. The molecule has 0 aliphatic heterocycles. The van der Waals surface area contributed by atoms with Gasteiger partial charge in [-0.15, -0.1) is 0 Å².